The topological polar surface area (TPSA) is 123 Å². The van der Waals surface area contributed by atoms with Gasteiger partial charge in [0.05, 0.1) is 12.8 Å². The number of aliphatic hydroxyl groups is 2. The lowest BCUT2D eigenvalue weighted by molar-refractivity contribution is -0.412. The number of carbonyl (C=O) groups is 2. The summed E-state index contributed by atoms with van der Waals surface area (Å²) >= 11 is 0. The van der Waals surface area contributed by atoms with Gasteiger partial charge in [-0.2, -0.15) is 0 Å². The summed E-state index contributed by atoms with van der Waals surface area (Å²) in [5.74, 6) is -3.73. The Kier molecular flexibility index (Phi) is 7.12. The molecule has 2 rings (SSSR count). The highest BCUT2D eigenvalue weighted by atomic mass is 16.8. The van der Waals surface area contributed by atoms with E-state index >= 15 is 0 Å². The lowest BCUT2D eigenvalue weighted by atomic mass is 9.59. The van der Waals surface area contributed by atoms with Crippen molar-refractivity contribution in [1.29, 1.82) is 0 Å². The molecule has 162 valence electrons. The molecule has 0 unspecified atom stereocenters. The van der Waals surface area contributed by atoms with E-state index in [-0.39, 0.29) is 42.9 Å². The molecule has 8 heteroatoms. The molecular weight excluding hydrogens is 368 g/mol. The molecule has 1 aliphatic heterocycles. The van der Waals surface area contributed by atoms with Crippen molar-refractivity contribution in [2.75, 3.05) is 0 Å². The van der Waals surface area contributed by atoms with Crippen LogP contribution in [-0.4, -0.2) is 51.2 Å². The molecule has 0 aromatic rings. The number of fused-ring (bicyclic) bond motifs is 1. The summed E-state index contributed by atoms with van der Waals surface area (Å²) in [6, 6.07) is 0. The van der Waals surface area contributed by atoms with Gasteiger partial charge in [0.2, 0.25) is 6.29 Å². The van der Waals surface area contributed by atoms with Crippen molar-refractivity contribution in [3.63, 3.8) is 0 Å². The molecule has 0 aromatic heterocycles. The maximum Gasteiger partial charge on any atom is 0.308 e. The van der Waals surface area contributed by atoms with Crippen LogP contribution >= 0.6 is 0 Å². The first-order chi connectivity index (χ1) is 12.9. The molecule has 2 aliphatic rings. The average molecular weight is 402 g/mol. The fourth-order valence-corrected chi connectivity index (χ4v) is 4.30. The summed E-state index contributed by atoms with van der Waals surface area (Å²) in [6.45, 7) is 9.11. The normalized spacial score (nSPS) is 40.2. The van der Waals surface area contributed by atoms with Crippen LogP contribution in [0.25, 0.3) is 0 Å². The number of ether oxygens (including phenoxy) is 3. The molecule has 0 radical (unpaired) electrons. The Morgan fingerprint density at radius 3 is 2.43 bits per heavy atom. The number of hydrogen-bond acceptors (Lipinski definition) is 7. The minimum absolute atomic E-state index is 0.144. The minimum atomic E-state index is -1.51. The first kappa shape index (κ1) is 23.1. The van der Waals surface area contributed by atoms with Gasteiger partial charge in [0.1, 0.15) is 5.60 Å². The molecule has 1 aliphatic carbocycles. The summed E-state index contributed by atoms with van der Waals surface area (Å²) < 4.78 is 17.0. The van der Waals surface area contributed by atoms with Gasteiger partial charge < -0.3 is 29.5 Å². The van der Waals surface area contributed by atoms with Gasteiger partial charge in [0, 0.05) is 11.8 Å². The number of aliphatic carboxylic acids is 1. The van der Waals surface area contributed by atoms with Gasteiger partial charge in [-0.05, 0) is 38.0 Å². The largest absolute Gasteiger partial charge is 0.481 e. The number of hydrogen-bond donors (Lipinski definition) is 3. The van der Waals surface area contributed by atoms with Crippen LogP contribution in [0.1, 0.15) is 66.7 Å². The van der Waals surface area contributed by atoms with E-state index in [1.165, 1.54) is 6.92 Å². The fraction of sp³-hybridized carbons (Fsp3) is 0.900. The highest BCUT2D eigenvalue weighted by Gasteiger charge is 2.61. The smallest absolute Gasteiger partial charge is 0.308 e. The lowest BCUT2D eigenvalue weighted by Gasteiger charge is -2.57. The van der Waals surface area contributed by atoms with E-state index in [4.69, 9.17) is 19.3 Å². The van der Waals surface area contributed by atoms with Crippen LogP contribution in [0.2, 0.25) is 0 Å². The summed E-state index contributed by atoms with van der Waals surface area (Å²) in [7, 11) is 0. The van der Waals surface area contributed by atoms with Crippen molar-refractivity contribution in [3.8, 4) is 0 Å². The average Bonchev–Trinajstić information content (AvgIpc) is 2.61. The standard InChI is InChI=1S/C20H34O8/c1-6-19(5,24)28-18-20(25)13(4)11(2)7-8-14(20)12(3)17(27-18)26-16(23)10-9-15(21)22/h11-14,17-18,24-25H,6-10H2,1-5H3,(H,21,22)/t11-,12-,13+,14+,17-,18-,19+,20-/m1/s1. The van der Waals surface area contributed by atoms with Gasteiger partial charge >= 0.3 is 11.9 Å². The molecule has 1 saturated carbocycles. The van der Waals surface area contributed by atoms with Crippen LogP contribution in [-0.2, 0) is 23.8 Å². The van der Waals surface area contributed by atoms with Crippen molar-refractivity contribution in [2.45, 2.75) is 90.7 Å². The predicted octanol–water partition coefficient (Wildman–Crippen LogP) is 2.26. The number of esters is 1. The van der Waals surface area contributed by atoms with Gasteiger partial charge in [-0.25, -0.2) is 0 Å². The molecule has 28 heavy (non-hydrogen) atoms. The van der Waals surface area contributed by atoms with Crippen LogP contribution in [0, 0.1) is 23.7 Å². The van der Waals surface area contributed by atoms with Crippen molar-refractivity contribution >= 4 is 11.9 Å². The summed E-state index contributed by atoms with van der Waals surface area (Å²) in [5, 5.41) is 30.8. The molecule has 0 spiro atoms. The molecule has 2 fully saturated rings. The van der Waals surface area contributed by atoms with E-state index in [2.05, 4.69) is 6.92 Å². The molecule has 3 N–H and O–H groups in total. The first-order valence-electron chi connectivity index (χ1n) is 10.1. The zero-order chi connectivity index (χ0) is 21.3. The van der Waals surface area contributed by atoms with Gasteiger partial charge in [0.25, 0.3) is 0 Å². The second kappa shape index (κ2) is 8.65. The maximum atomic E-state index is 12.0. The number of carboxylic acid groups (broad SMARTS) is 1. The molecule has 0 aromatic carbocycles. The Labute approximate surface area is 166 Å². The number of carbonyl (C=O) groups excluding carboxylic acids is 1. The molecule has 8 atom stereocenters. The highest BCUT2D eigenvalue weighted by Crippen LogP contribution is 2.52. The van der Waals surface area contributed by atoms with E-state index in [0.29, 0.717) is 6.42 Å². The van der Waals surface area contributed by atoms with Gasteiger partial charge in [-0.15, -0.1) is 0 Å². The SMILES string of the molecule is CC[C@@](C)(O)O[C@H]1O[C@@H](OC(=O)CCC(=O)O)[C@H](C)[C@@H]2CC[C@@H](C)[C@H](C)[C@]12O. The van der Waals surface area contributed by atoms with Crippen LogP contribution in [0.3, 0.4) is 0 Å². The second-order valence-electron chi connectivity index (χ2n) is 8.56. The molecule has 8 nitrogen and oxygen atoms in total. The maximum absolute atomic E-state index is 12.0. The predicted molar refractivity (Wildman–Crippen MR) is 98.8 cm³/mol. The molecule has 1 heterocycles. The Balaban J connectivity index is 2.26. The first-order valence-corrected chi connectivity index (χ1v) is 10.1. The van der Waals surface area contributed by atoms with E-state index < -0.39 is 35.9 Å². The zero-order valence-corrected chi connectivity index (χ0v) is 17.4. The molecular formula is C20H34O8. The summed E-state index contributed by atoms with van der Waals surface area (Å²) in [4.78, 5) is 22.7. The van der Waals surface area contributed by atoms with Crippen molar-refractivity contribution in [3.05, 3.63) is 0 Å². The van der Waals surface area contributed by atoms with E-state index in [1.54, 1.807) is 6.92 Å². The van der Waals surface area contributed by atoms with Crippen LogP contribution in [0.4, 0.5) is 0 Å². The van der Waals surface area contributed by atoms with Crippen LogP contribution in [0.15, 0.2) is 0 Å². The molecule has 0 bridgehead atoms. The van der Waals surface area contributed by atoms with E-state index in [1.807, 2.05) is 13.8 Å². The Bertz CT molecular complexity index is 577. The van der Waals surface area contributed by atoms with Gasteiger partial charge in [-0.3, -0.25) is 9.59 Å². The van der Waals surface area contributed by atoms with Crippen LogP contribution < -0.4 is 0 Å². The Morgan fingerprint density at radius 1 is 1.21 bits per heavy atom. The fourth-order valence-electron chi connectivity index (χ4n) is 4.30. The number of rotatable bonds is 7. The second-order valence-corrected chi connectivity index (χ2v) is 8.56. The van der Waals surface area contributed by atoms with Crippen molar-refractivity contribution < 1.29 is 39.1 Å². The summed E-state index contributed by atoms with van der Waals surface area (Å²) in [5.41, 5.74) is -1.33. The van der Waals surface area contributed by atoms with Crippen molar-refractivity contribution in [1.82, 2.24) is 0 Å². The Morgan fingerprint density at radius 2 is 1.86 bits per heavy atom. The zero-order valence-electron chi connectivity index (χ0n) is 17.4. The molecule has 1 saturated heterocycles. The van der Waals surface area contributed by atoms with Gasteiger partial charge in [0.15, 0.2) is 12.1 Å². The monoisotopic (exact) mass is 402 g/mol. The molecule has 0 amide bonds. The summed E-state index contributed by atoms with van der Waals surface area (Å²) in [6.07, 6.45) is -0.826. The number of carboxylic acids is 1. The van der Waals surface area contributed by atoms with E-state index in [9.17, 15) is 19.8 Å². The third-order valence-corrected chi connectivity index (χ3v) is 6.62. The minimum Gasteiger partial charge on any atom is -0.481 e. The third kappa shape index (κ3) is 4.67. The third-order valence-electron chi connectivity index (χ3n) is 6.62. The highest BCUT2D eigenvalue weighted by molar-refractivity contribution is 5.76. The van der Waals surface area contributed by atoms with Crippen molar-refractivity contribution in [2.24, 2.45) is 23.7 Å². The van der Waals surface area contributed by atoms with E-state index in [0.717, 1.165) is 6.42 Å². The van der Waals surface area contributed by atoms with Crippen LogP contribution in [0.5, 0.6) is 0 Å². The van der Waals surface area contributed by atoms with Gasteiger partial charge in [-0.1, -0.05) is 27.7 Å². The lowest BCUT2D eigenvalue weighted by Crippen LogP contribution is -2.67. The Hall–Kier alpha value is -1.22. The quantitative estimate of drug-likeness (QED) is 0.438.